The molecule has 0 radical (unpaired) electrons. The number of aryl methyl sites for hydroxylation is 6. The van der Waals surface area contributed by atoms with Crippen molar-refractivity contribution in [2.45, 2.75) is 118 Å². The van der Waals surface area contributed by atoms with Gasteiger partial charge in [0.2, 0.25) is 0 Å². The summed E-state index contributed by atoms with van der Waals surface area (Å²) in [6, 6.07) is 20.5. The quantitative estimate of drug-likeness (QED) is 0.132. The van der Waals surface area contributed by atoms with Crippen molar-refractivity contribution in [1.29, 1.82) is 0 Å². The van der Waals surface area contributed by atoms with E-state index in [1.165, 1.54) is 116 Å². The summed E-state index contributed by atoms with van der Waals surface area (Å²) in [5.74, 6) is 4.07. The molecule has 2 unspecified atom stereocenters. The van der Waals surface area contributed by atoms with Crippen LogP contribution in [0.1, 0.15) is 126 Å². The van der Waals surface area contributed by atoms with Gasteiger partial charge < -0.3 is 10.6 Å². The second-order valence-electron chi connectivity index (χ2n) is 13.2. The minimum Gasteiger partial charge on any atom is -0.370 e. The van der Waals surface area contributed by atoms with Crippen LogP contribution in [0.3, 0.4) is 0 Å². The summed E-state index contributed by atoms with van der Waals surface area (Å²) in [5.41, 5.74) is 14.5. The Kier molecular flexibility index (Phi) is 13.2. The Morgan fingerprint density at radius 1 is 0.682 bits per heavy atom. The van der Waals surface area contributed by atoms with Crippen LogP contribution < -0.4 is 10.6 Å². The standard InChI is InChI=1S/C41H57N2P/c1-8-9-10-11-12-13-14-18-21-36(37-31(4)24-29(2)25-32(37)5)39(41-42-22-23-43-41)40(44-28-35-19-16-15-17-20-35)38-33(6)26-30(3)27-34(38)7/h15-17,19-20,24-28,36,40,42-43H,8-14,18,21-23H2,1-7H3. The van der Waals surface area contributed by atoms with Gasteiger partial charge in [-0.25, -0.2) is 0 Å². The first-order valence-electron chi connectivity index (χ1n) is 17.3. The van der Waals surface area contributed by atoms with Gasteiger partial charge in [0.05, 0.1) is 11.5 Å². The fourth-order valence-electron chi connectivity index (χ4n) is 7.45. The van der Waals surface area contributed by atoms with Gasteiger partial charge in [-0.15, -0.1) is 0 Å². The van der Waals surface area contributed by atoms with Gasteiger partial charge in [0.25, 0.3) is 0 Å². The van der Waals surface area contributed by atoms with E-state index in [2.05, 4.69) is 119 Å². The molecule has 44 heavy (non-hydrogen) atoms. The Balaban J connectivity index is 1.83. The van der Waals surface area contributed by atoms with Crippen LogP contribution in [0.25, 0.3) is 0 Å². The third kappa shape index (κ3) is 9.10. The molecule has 0 bridgehead atoms. The van der Waals surface area contributed by atoms with Crippen molar-refractivity contribution in [2.75, 3.05) is 13.1 Å². The third-order valence-electron chi connectivity index (χ3n) is 9.30. The molecule has 0 saturated carbocycles. The maximum Gasteiger partial charge on any atom is 0.0998 e. The molecule has 2 nitrogen and oxygen atoms in total. The molecule has 236 valence electrons. The molecular weight excluding hydrogens is 551 g/mol. The van der Waals surface area contributed by atoms with Crippen molar-refractivity contribution in [3.63, 3.8) is 0 Å². The number of unbranched alkanes of at least 4 members (excludes halogenated alkanes) is 7. The molecule has 0 spiro atoms. The lowest BCUT2D eigenvalue weighted by atomic mass is 9.78. The lowest BCUT2D eigenvalue weighted by Gasteiger charge is -2.32. The van der Waals surface area contributed by atoms with Gasteiger partial charge in [0.1, 0.15) is 0 Å². The molecule has 3 heteroatoms. The average molecular weight is 609 g/mol. The molecule has 0 aliphatic carbocycles. The minimum atomic E-state index is 0.253. The van der Waals surface area contributed by atoms with Crippen molar-refractivity contribution in [1.82, 2.24) is 10.6 Å². The highest BCUT2D eigenvalue weighted by atomic mass is 31.1. The van der Waals surface area contributed by atoms with E-state index < -0.39 is 0 Å². The van der Waals surface area contributed by atoms with Crippen LogP contribution >= 0.6 is 8.20 Å². The SMILES string of the molecule is CCCCCCCCCCC(C(=C1NCCN1)C(P=Cc1ccccc1)c1c(C)cc(C)cc1C)c1c(C)cc(C)cc1C. The zero-order valence-corrected chi connectivity index (χ0v) is 29.5. The summed E-state index contributed by atoms with van der Waals surface area (Å²) in [6.45, 7) is 18.1. The molecule has 1 heterocycles. The van der Waals surface area contributed by atoms with Crippen molar-refractivity contribution in [2.24, 2.45) is 0 Å². The summed E-state index contributed by atoms with van der Waals surface area (Å²) >= 11 is 0. The first-order chi connectivity index (χ1) is 21.3. The Bertz CT molecular complexity index is 1360. The Labute approximate surface area is 271 Å². The zero-order valence-electron chi connectivity index (χ0n) is 28.7. The molecule has 4 rings (SSSR count). The van der Waals surface area contributed by atoms with E-state index in [4.69, 9.17) is 0 Å². The average Bonchev–Trinajstić information content (AvgIpc) is 3.51. The van der Waals surface area contributed by atoms with Gasteiger partial charge in [-0.2, -0.15) is 0 Å². The molecule has 1 fully saturated rings. The zero-order chi connectivity index (χ0) is 31.5. The van der Waals surface area contributed by atoms with Gasteiger partial charge in [-0.1, -0.05) is 132 Å². The normalized spacial score (nSPS) is 14.5. The second kappa shape index (κ2) is 17.0. The van der Waals surface area contributed by atoms with E-state index in [1.807, 2.05) is 0 Å². The van der Waals surface area contributed by atoms with E-state index in [0.29, 0.717) is 5.92 Å². The topological polar surface area (TPSA) is 24.1 Å². The van der Waals surface area contributed by atoms with Gasteiger partial charge in [0.15, 0.2) is 0 Å². The van der Waals surface area contributed by atoms with Crippen LogP contribution in [-0.2, 0) is 0 Å². The highest BCUT2D eigenvalue weighted by molar-refractivity contribution is 7.39. The van der Waals surface area contributed by atoms with E-state index >= 15 is 0 Å². The van der Waals surface area contributed by atoms with Gasteiger partial charge >= 0.3 is 0 Å². The Morgan fingerprint density at radius 3 is 1.73 bits per heavy atom. The van der Waals surface area contributed by atoms with Gasteiger partial charge in [-0.05, 0) is 98.3 Å². The maximum absolute atomic E-state index is 3.84. The van der Waals surface area contributed by atoms with Crippen LogP contribution in [-0.4, -0.2) is 18.9 Å². The molecule has 2 atom stereocenters. The van der Waals surface area contributed by atoms with Crippen LogP contribution in [0, 0.1) is 41.5 Å². The minimum absolute atomic E-state index is 0.253. The van der Waals surface area contributed by atoms with Crippen LogP contribution in [0.15, 0.2) is 66.0 Å². The summed E-state index contributed by atoms with van der Waals surface area (Å²) in [7, 11) is 1.32. The molecule has 2 N–H and O–H groups in total. The highest BCUT2D eigenvalue weighted by Crippen LogP contribution is 2.49. The smallest absolute Gasteiger partial charge is 0.0998 e. The summed E-state index contributed by atoms with van der Waals surface area (Å²) in [5, 5.41) is 7.67. The fraction of sp³-hybridized carbons (Fsp3) is 0.488. The summed E-state index contributed by atoms with van der Waals surface area (Å²) < 4.78 is 0. The molecule has 0 amide bonds. The monoisotopic (exact) mass is 608 g/mol. The third-order valence-corrected chi connectivity index (χ3v) is 10.6. The van der Waals surface area contributed by atoms with Crippen molar-refractivity contribution in [3.05, 3.63) is 116 Å². The fourth-order valence-corrected chi connectivity index (χ4v) is 8.97. The number of benzene rings is 3. The number of rotatable bonds is 15. The maximum atomic E-state index is 3.84. The molecule has 3 aromatic rings. The second-order valence-corrected chi connectivity index (χ2v) is 14.3. The van der Waals surface area contributed by atoms with Crippen LogP contribution in [0.4, 0.5) is 0 Å². The van der Waals surface area contributed by atoms with E-state index in [0.717, 1.165) is 13.1 Å². The molecule has 1 saturated heterocycles. The highest BCUT2D eigenvalue weighted by Gasteiger charge is 2.32. The predicted octanol–water partition coefficient (Wildman–Crippen LogP) is 11.1. The number of hydrogen-bond acceptors (Lipinski definition) is 2. The van der Waals surface area contributed by atoms with Crippen LogP contribution in [0.2, 0.25) is 0 Å². The first-order valence-corrected chi connectivity index (χ1v) is 18.3. The van der Waals surface area contributed by atoms with Crippen molar-refractivity contribution < 1.29 is 0 Å². The predicted molar refractivity (Wildman–Crippen MR) is 196 cm³/mol. The number of hydrogen-bond donors (Lipinski definition) is 2. The Hall–Kier alpha value is -2.83. The van der Waals surface area contributed by atoms with E-state index in [1.54, 1.807) is 11.1 Å². The largest absolute Gasteiger partial charge is 0.370 e. The molecule has 1 aliphatic heterocycles. The summed E-state index contributed by atoms with van der Waals surface area (Å²) in [6.07, 6.45) is 12.0. The number of nitrogens with one attached hydrogen (secondary N) is 2. The summed E-state index contributed by atoms with van der Waals surface area (Å²) in [4.78, 5) is 0. The lowest BCUT2D eigenvalue weighted by Crippen LogP contribution is -2.22. The van der Waals surface area contributed by atoms with E-state index in [-0.39, 0.29) is 5.66 Å². The first kappa shape index (κ1) is 34.1. The van der Waals surface area contributed by atoms with Crippen molar-refractivity contribution >= 4 is 14.0 Å². The molecular formula is C41H57N2P. The van der Waals surface area contributed by atoms with Crippen molar-refractivity contribution in [3.8, 4) is 0 Å². The van der Waals surface area contributed by atoms with Gasteiger partial charge in [0, 0.05) is 19.0 Å². The lowest BCUT2D eigenvalue weighted by molar-refractivity contribution is 0.541. The van der Waals surface area contributed by atoms with Crippen LogP contribution in [0.5, 0.6) is 0 Å². The number of allylic oxidation sites excluding steroid dienone is 1. The van der Waals surface area contributed by atoms with Gasteiger partial charge in [-0.3, -0.25) is 0 Å². The Morgan fingerprint density at radius 2 is 1.18 bits per heavy atom. The van der Waals surface area contributed by atoms with E-state index in [9.17, 15) is 0 Å². The molecule has 1 aliphatic rings. The molecule has 3 aromatic carbocycles. The molecule has 0 aromatic heterocycles.